The molecular weight excluding hydrogens is 382 g/mol. The van der Waals surface area contributed by atoms with Crippen molar-refractivity contribution >= 4 is 22.2 Å². The van der Waals surface area contributed by atoms with Gasteiger partial charge < -0.3 is 10.1 Å². The first kappa shape index (κ1) is 17.0. The summed E-state index contributed by atoms with van der Waals surface area (Å²) >= 11 is 0. The van der Waals surface area contributed by atoms with Crippen LogP contribution in [0.25, 0.3) is 28.1 Å². The number of nitrogens with one attached hydrogen (secondary N) is 1. The zero-order valence-electron chi connectivity index (χ0n) is 15.8. The van der Waals surface area contributed by atoms with Crippen LogP contribution in [0.2, 0.25) is 0 Å². The lowest BCUT2D eigenvalue weighted by Crippen LogP contribution is -2.27. The number of aromatic nitrogens is 7. The Morgan fingerprint density at radius 3 is 2.83 bits per heavy atom. The second kappa shape index (κ2) is 6.33. The van der Waals surface area contributed by atoms with E-state index in [1.165, 1.54) is 0 Å². The van der Waals surface area contributed by atoms with Gasteiger partial charge in [-0.3, -0.25) is 14.1 Å². The van der Waals surface area contributed by atoms with Gasteiger partial charge in [-0.2, -0.15) is 4.98 Å². The average molecular weight is 399 g/mol. The minimum Gasteiger partial charge on any atom is -0.388 e. The molecule has 9 nitrogen and oxygen atoms in total. The van der Waals surface area contributed by atoms with E-state index >= 15 is 0 Å². The molecule has 1 aliphatic carbocycles. The van der Waals surface area contributed by atoms with Gasteiger partial charge in [-0.05, 0) is 30.0 Å². The lowest BCUT2D eigenvalue weighted by Gasteiger charge is -2.29. The van der Waals surface area contributed by atoms with E-state index in [9.17, 15) is 9.90 Å². The maximum Gasteiger partial charge on any atom is 0.328 e. The van der Waals surface area contributed by atoms with E-state index in [4.69, 9.17) is 4.98 Å². The Balaban J connectivity index is 1.56. The maximum atomic E-state index is 12.9. The standard InChI is InChI=1S/C21H17N7O2/c29-18-6-5-16(12-3-1-2-4-13(12)18)28-19-15(25-21(28)30)9-23-20(26-19)27-11-24-14-7-8-22-10-17(14)27/h1-4,7-11,16,18,29H,5-6H2,(H,25,30)/t16?,18-/m1/s1. The van der Waals surface area contributed by atoms with Gasteiger partial charge in [0.15, 0.2) is 5.65 Å². The van der Waals surface area contributed by atoms with E-state index in [2.05, 4.69) is 19.9 Å². The number of hydrogen-bond donors (Lipinski definition) is 2. The lowest BCUT2D eigenvalue weighted by atomic mass is 9.85. The summed E-state index contributed by atoms with van der Waals surface area (Å²) in [5.41, 5.74) is 4.21. The number of benzene rings is 1. The molecule has 5 aromatic rings. The van der Waals surface area contributed by atoms with Gasteiger partial charge >= 0.3 is 5.69 Å². The summed E-state index contributed by atoms with van der Waals surface area (Å²) in [6.07, 6.45) is 7.35. The number of aliphatic hydroxyl groups excluding tert-OH is 1. The van der Waals surface area contributed by atoms with Crippen molar-refractivity contribution in [2.45, 2.75) is 25.0 Å². The van der Waals surface area contributed by atoms with E-state index in [1.54, 1.807) is 34.1 Å². The molecule has 0 aliphatic heterocycles. The normalized spacial score (nSPS) is 18.7. The Labute approximate surface area is 169 Å². The molecule has 9 heteroatoms. The fraction of sp³-hybridized carbons (Fsp3) is 0.190. The van der Waals surface area contributed by atoms with Crippen LogP contribution in [0.3, 0.4) is 0 Å². The summed E-state index contributed by atoms with van der Waals surface area (Å²) < 4.78 is 3.42. The molecule has 2 atom stereocenters. The van der Waals surface area contributed by atoms with Crippen LogP contribution < -0.4 is 5.69 Å². The summed E-state index contributed by atoms with van der Waals surface area (Å²) in [6.45, 7) is 0. The average Bonchev–Trinajstić information content (AvgIpc) is 3.34. The first-order valence-electron chi connectivity index (χ1n) is 9.72. The highest BCUT2D eigenvalue weighted by Crippen LogP contribution is 2.38. The third-order valence-electron chi connectivity index (χ3n) is 5.75. The minimum atomic E-state index is -0.520. The molecule has 0 saturated heterocycles. The predicted octanol–water partition coefficient (Wildman–Crippen LogP) is 2.27. The van der Waals surface area contributed by atoms with Crippen LogP contribution in [0.5, 0.6) is 0 Å². The van der Waals surface area contributed by atoms with Crippen LogP contribution >= 0.6 is 0 Å². The molecule has 4 heterocycles. The highest BCUT2D eigenvalue weighted by molar-refractivity contribution is 5.76. The van der Waals surface area contributed by atoms with Crippen molar-refractivity contribution < 1.29 is 5.11 Å². The molecule has 148 valence electrons. The quantitative estimate of drug-likeness (QED) is 0.471. The number of fused-ring (bicyclic) bond motifs is 3. The second-order valence-electron chi connectivity index (χ2n) is 7.42. The highest BCUT2D eigenvalue weighted by Gasteiger charge is 2.29. The van der Waals surface area contributed by atoms with Gasteiger partial charge in [-0.25, -0.2) is 14.8 Å². The first-order valence-corrected chi connectivity index (χ1v) is 9.72. The number of H-pyrrole nitrogens is 1. The van der Waals surface area contributed by atoms with Crippen molar-refractivity contribution in [3.8, 4) is 5.95 Å². The lowest BCUT2D eigenvalue weighted by molar-refractivity contribution is 0.147. The number of rotatable bonds is 2. The van der Waals surface area contributed by atoms with Crippen molar-refractivity contribution in [1.82, 2.24) is 34.1 Å². The van der Waals surface area contributed by atoms with Crippen LogP contribution in [-0.4, -0.2) is 39.2 Å². The summed E-state index contributed by atoms with van der Waals surface area (Å²) in [6, 6.07) is 9.31. The molecule has 0 amide bonds. The molecule has 0 radical (unpaired) electrons. The molecule has 0 spiro atoms. The minimum absolute atomic E-state index is 0.213. The monoisotopic (exact) mass is 399 g/mol. The summed E-state index contributed by atoms with van der Waals surface area (Å²) in [7, 11) is 0. The SMILES string of the molecule is O=c1[nH]c2cnc(-n3cnc4ccncc43)nc2n1C1CC[C@@H](O)c2ccccc21. The van der Waals surface area contributed by atoms with E-state index in [0.717, 1.165) is 22.2 Å². The molecule has 0 saturated carbocycles. The number of nitrogens with zero attached hydrogens (tertiary/aromatic N) is 6. The van der Waals surface area contributed by atoms with Crippen LogP contribution in [0.4, 0.5) is 0 Å². The Kier molecular flexibility index (Phi) is 3.59. The number of aromatic amines is 1. The first-order chi connectivity index (χ1) is 14.7. The zero-order chi connectivity index (χ0) is 20.2. The molecule has 1 unspecified atom stereocenters. The number of imidazole rings is 2. The predicted molar refractivity (Wildman–Crippen MR) is 109 cm³/mol. The van der Waals surface area contributed by atoms with Crippen molar-refractivity contribution in [2.75, 3.05) is 0 Å². The van der Waals surface area contributed by atoms with Gasteiger partial charge in [-0.15, -0.1) is 0 Å². The van der Waals surface area contributed by atoms with E-state index in [1.807, 2.05) is 30.3 Å². The zero-order valence-corrected chi connectivity index (χ0v) is 15.8. The molecule has 1 aliphatic rings. The van der Waals surface area contributed by atoms with Crippen molar-refractivity contribution in [2.24, 2.45) is 0 Å². The summed E-state index contributed by atoms with van der Waals surface area (Å²) in [4.78, 5) is 33.4. The molecule has 0 fully saturated rings. The second-order valence-corrected chi connectivity index (χ2v) is 7.42. The van der Waals surface area contributed by atoms with Crippen molar-refractivity contribution in [3.05, 3.63) is 76.9 Å². The third kappa shape index (κ3) is 2.42. The Bertz CT molecular complexity index is 1470. The van der Waals surface area contributed by atoms with Crippen LogP contribution in [-0.2, 0) is 0 Å². The molecule has 6 rings (SSSR count). The molecular formula is C21H17N7O2. The highest BCUT2D eigenvalue weighted by atomic mass is 16.3. The van der Waals surface area contributed by atoms with E-state index < -0.39 is 6.10 Å². The Hall–Kier alpha value is -3.85. The smallest absolute Gasteiger partial charge is 0.328 e. The Morgan fingerprint density at radius 2 is 1.93 bits per heavy atom. The van der Waals surface area contributed by atoms with Crippen LogP contribution in [0.1, 0.15) is 36.1 Å². The number of pyridine rings is 1. The van der Waals surface area contributed by atoms with Crippen molar-refractivity contribution in [3.63, 3.8) is 0 Å². The molecule has 2 N–H and O–H groups in total. The van der Waals surface area contributed by atoms with E-state index in [-0.39, 0.29) is 11.7 Å². The van der Waals surface area contributed by atoms with Gasteiger partial charge in [0.1, 0.15) is 11.8 Å². The van der Waals surface area contributed by atoms with Crippen LogP contribution in [0.15, 0.2) is 60.0 Å². The van der Waals surface area contributed by atoms with Crippen LogP contribution in [0, 0.1) is 0 Å². The van der Waals surface area contributed by atoms with E-state index in [0.29, 0.717) is 30.0 Å². The number of aliphatic hydroxyl groups is 1. The Morgan fingerprint density at radius 1 is 1.07 bits per heavy atom. The van der Waals surface area contributed by atoms with Gasteiger partial charge in [0.25, 0.3) is 0 Å². The largest absolute Gasteiger partial charge is 0.388 e. The van der Waals surface area contributed by atoms with Gasteiger partial charge in [0.05, 0.1) is 35.6 Å². The van der Waals surface area contributed by atoms with Gasteiger partial charge in [0, 0.05) is 6.20 Å². The van der Waals surface area contributed by atoms with Gasteiger partial charge in [0.2, 0.25) is 5.95 Å². The molecule has 30 heavy (non-hydrogen) atoms. The molecule has 1 aromatic carbocycles. The fourth-order valence-corrected chi connectivity index (χ4v) is 4.34. The van der Waals surface area contributed by atoms with Gasteiger partial charge in [-0.1, -0.05) is 24.3 Å². The third-order valence-corrected chi connectivity index (χ3v) is 5.75. The summed E-state index contributed by atoms with van der Waals surface area (Å²) in [5.74, 6) is 0.412. The molecule has 4 aromatic heterocycles. The maximum absolute atomic E-state index is 12.9. The topological polar surface area (TPSA) is 115 Å². The van der Waals surface area contributed by atoms with Crippen molar-refractivity contribution in [1.29, 1.82) is 0 Å². The number of hydrogen-bond acceptors (Lipinski definition) is 6. The molecule has 0 bridgehead atoms. The summed E-state index contributed by atoms with van der Waals surface area (Å²) in [5, 5.41) is 10.4. The fourth-order valence-electron chi connectivity index (χ4n) is 4.34.